The van der Waals surface area contributed by atoms with Gasteiger partial charge in [-0.15, -0.1) is 0 Å². The fraction of sp³-hybridized carbons (Fsp3) is 0.310. The normalized spacial score (nSPS) is 13.5. The summed E-state index contributed by atoms with van der Waals surface area (Å²) in [5.74, 6) is 2.65. The Morgan fingerprint density at radius 2 is 0.922 bits per heavy atom. The van der Waals surface area contributed by atoms with Crippen molar-refractivity contribution in [2.24, 2.45) is 5.92 Å². The van der Waals surface area contributed by atoms with Crippen LogP contribution in [0.25, 0.3) is 0 Å². The molecule has 5 heterocycles. The molecule has 540 valence electrons. The molecule has 23 nitrogen and oxygen atoms in total. The zero-order valence-corrected chi connectivity index (χ0v) is 64.2. The first-order valence-corrected chi connectivity index (χ1v) is 43.2. The van der Waals surface area contributed by atoms with Gasteiger partial charge in [-0.1, -0.05) is 71.2 Å². The number of hydrogen-bond acceptors (Lipinski definition) is 22. The molecular formula is C71H84Cl3FN15O8P3S. The van der Waals surface area contributed by atoms with Crippen molar-refractivity contribution in [1.29, 1.82) is 0 Å². The number of hydrogen-bond donors (Lipinski definition) is 7. The summed E-state index contributed by atoms with van der Waals surface area (Å²) >= 11 is 19.0. The van der Waals surface area contributed by atoms with Crippen molar-refractivity contribution in [3.05, 3.63) is 167 Å². The van der Waals surface area contributed by atoms with Gasteiger partial charge in [0.1, 0.15) is 53.8 Å². The van der Waals surface area contributed by atoms with E-state index in [0.29, 0.717) is 67.4 Å². The van der Waals surface area contributed by atoms with Crippen LogP contribution in [0.5, 0.6) is 11.5 Å². The molecule has 2 aliphatic heterocycles. The number of ether oxygens (including phenoxy) is 2. The lowest BCUT2D eigenvalue weighted by molar-refractivity contribution is -0.125. The van der Waals surface area contributed by atoms with Gasteiger partial charge in [-0.25, -0.2) is 27.8 Å². The maximum atomic E-state index is 14.5. The van der Waals surface area contributed by atoms with Crippen molar-refractivity contribution < 1.29 is 40.8 Å². The Morgan fingerprint density at radius 3 is 1.33 bits per heavy atom. The summed E-state index contributed by atoms with van der Waals surface area (Å²) in [6.07, 6.45) is 9.70. The lowest BCUT2D eigenvalue weighted by Gasteiger charge is -2.33. The minimum absolute atomic E-state index is 0.0453. The molecule has 1 amide bonds. The molecule has 2 saturated heterocycles. The molecule has 0 aliphatic carbocycles. The fourth-order valence-electron chi connectivity index (χ4n) is 11.1. The van der Waals surface area contributed by atoms with E-state index in [4.69, 9.17) is 44.3 Å². The van der Waals surface area contributed by atoms with Crippen molar-refractivity contribution in [2.75, 3.05) is 129 Å². The third-order valence-corrected chi connectivity index (χ3v) is 24.3. The van der Waals surface area contributed by atoms with Gasteiger partial charge in [-0.05, 0) is 165 Å². The number of sulfone groups is 1. The summed E-state index contributed by atoms with van der Waals surface area (Å²) in [7, 11) is -6.21. The molecule has 0 radical (unpaired) electrons. The summed E-state index contributed by atoms with van der Waals surface area (Å²) in [6, 6.07) is 37.5. The Bertz CT molecular complexity index is 4750. The lowest BCUT2D eigenvalue weighted by atomic mass is 9.95. The van der Waals surface area contributed by atoms with Gasteiger partial charge in [0, 0.05) is 78.6 Å². The van der Waals surface area contributed by atoms with Crippen molar-refractivity contribution in [2.45, 2.75) is 56.1 Å². The second kappa shape index (κ2) is 34.2. The van der Waals surface area contributed by atoms with E-state index >= 15 is 0 Å². The molecule has 7 N–H and O–H groups in total. The molecular weight excluding hydrogens is 1440 g/mol. The van der Waals surface area contributed by atoms with Gasteiger partial charge < -0.3 is 70.2 Å². The first-order valence-electron chi connectivity index (χ1n) is 32.7. The number of halogens is 4. The second-order valence-electron chi connectivity index (χ2n) is 25.5. The molecule has 6 aromatic carbocycles. The van der Waals surface area contributed by atoms with E-state index in [2.05, 4.69) is 83.0 Å². The molecule has 0 spiro atoms. The number of anilines is 14. The van der Waals surface area contributed by atoms with Crippen LogP contribution in [0, 0.1) is 11.7 Å². The largest absolute Gasteiger partial charge is 0.494 e. The highest BCUT2D eigenvalue weighted by Crippen LogP contribution is 2.42. The Hall–Kier alpha value is -8.53. The number of benzene rings is 6. The van der Waals surface area contributed by atoms with Crippen LogP contribution in [-0.4, -0.2) is 137 Å². The highest BCUT2D eigenvalue weighted by atomic mass is 35.5. The molecule has 0 unspecified atom stereocenters. The van der Waals surface area contributed by atoms with Gasteiger partial charge in [0.2, 0.25) is 23.8 Å². The Kier molecular flexibility index (Phi) is 26.0. The van der Waals surface area contributed by atoms with Crippen molar-refractivity contribution >= 4 is 169 Å². The van der Waals surface area contributed by atoms with Crippen molar-refractivity contribution in [3.8, 4) is 11.5 Å². The first kappa shape index (κ1) is 77.6. The minimum atomic E-state index is -3.56. The van der Waals surface area contributed by atoms with Gasteiger partial charge in [0.15, 0.2) is 27.3 Å². The molecule has 11 rings (SSSR count). The Morgan fingerprint density at radius 1 is 0.520 bits per heavy atom. The van der Waals surface area contributed by atoms with Crippen LogP contribution >= 0.6 is 56.2 Å². The summed E-state index contributed by atoms with van der Waals surface area (Å²) in [5.41, 5.74) is 5.44. The number of nitrogens with zero attached hydrogens (tertiary/aromatic N) is 8. The third kappa shape index (κ3) is 20.2. The van der Waals surface area contributed by atoms with Crippen LogP contribution in [0.1, 0.15) is 46.0 Å². The third-order valence-electron chi connectivity index (χ3n) is 16.7. The van der Waals surface area contributed by atoms with E-state index in [1.807, 2.05) is 78.9 Å². The molecule has 2 aliphatic rings. The predicted molar refractivity (Wildman–Crippen MR) is 417 cm³/mol. The SMILES string of the molecule is CC(C)S(=O)(=O)c1ccccc1Nc1nc(Nc2ccc(P(C)(C)=O)cc2F)ncc1Cl.CNC(=O)C1CCN(c2ccc(Nc3ncc(Cl)c(Nc4ccccc4P(C)(C)=O)n3)c(OC)c2)CC1.COc1cc(N2CCCCC2)ccc1Nc1ncc(Cl)c(Nc2ccccc2P(C)(C)=O)n1. The number of amides is 1. The molecule has 31 heteroatoms. The predicted octanol–water partition coefficient (Wildman–Crippen LogP) is 15.9. The van der Waals surface area contributed by atoms with Gasteiger partial charge in [-0.2, -0.15) is 15.0 Å². The van der Waals surface area contributed by atoms with Crippen molar-refractivity contribution in [3.63, 3.8) is 0 Å². The number of rotatable bonds is 22. The average Bonchev–Trinajstić information content (AvgIpc) is 0.813. The zero-order valence-electron chi connectivity index (χ0n) is 58.5. The standard InChI is InChI=1S/C26H32ClN6O3P.C24H29ClN5O2P.C21H23ClFN4O3PS/c1-28-25(34)17-11-13-33(14-12-17)18-9-10-20(22(15-18)36-2)31-26-29-16-19(27)24(32-26)30-21-7-5-6-8-23(21)37(3,4)35;1-32-21-15-17(30-13-7-4-8-14-30)11-12-19(21)28-24-26-16-18(25)23(29-24)27-20-9-5-6-10-22(20)33(2,3)31;1-13(2)32(29,30)19-8-6-5-7-18(19)25-20-15(22)12-24-21(27-20)26-17-10-9-14(11-16(17)23)31(3,4)28/h5-10,15-17H,11-14H2,1-4H3,(H,28,34)(H2,29,30,31,32);5-6,9-12,15-16H,4,7-8,13-14H2,1-3H3,(H2,26,27,28,29);5-13H,1-4H3,(H2,24,25,26,27). The highest BCUT2D eigenvalue weighted by molar-refractivity contribution is 7.92. The molecule has 102 heavy (non-hydrogen) atoms. The smallest absolute Gasteiger partial charge is 0.229 e. The first-order chi connectivity index (χ1) is 48.4. The van der Waals surface area contributed by atoms with E-state index in [0.717, 1.165) is 72.4 Å². The van der Waals surface area contributed by atoms with E-state index in [1.165, 1.54) is 56.1 Å². The van der Waals surface area contributed by atoms with Crippen molar-refractivity contribution in [1.82, 2.24) is 35.2 Å². The number of aromatic nitrogens is 6. The number of methoxy groups -OCH3 is 2. The number of para-hydroxylation sites is 3. The number of piperidine rings is 2. The molecule has 0 atom stereocenters. The van der Waals surface area contributed by atoms with Gasteiger partial charge in [0.25, 0.3) is 0 Å². The summed E-state index contributed by atoms with van der Waals surface area (Å²) in [6.45, 7) is 17.0. The van der Waals surface area contributed by atoms with Crippen LogP contribution in [0.15, 0.2) is 151 Å². The van der Waals surface area contributed by atoms with E-state index < -0.39 is 42.3 Å². The van der Waals surface area contributed by atoms with Gasteiger partial charge in [-0.3, -0.25) is 4.79 Å². The highest BCUT2D eigenvalue weighted by Gasteiger charge is 2.27. The van der Waals surface area contributed by atoms with Crippen LogP contribution in [0.2, 0.25) is 15.1 Å². The quantitative estimate of drug-likeness (QED) is 0.0310. The number of nitrogens with one attached hydrogen (secondary N) is 7. The van der Waals surface area contributed by atoms with Gasteiger partial charge in [0.05, 0.1) is 77.1 Å². The Labute approximate surface area is 610 Å². The summed E-state index contributed by atoms with van der Waals surface area (Å²) < 4.78 is 88.8. The molecule has 9 aromatic rings. The lowest BCUT2D eigenvalue weighted by Crippen LogP contribution is -2.39. The maximum absolute atomic E-state index is 14.5. The minimum Gasteiger partial charge on any atom is -0.494 e. The monoisotopic (exact) mass is 1520 g/mol. The van der Waals surface area contributed by atoms with E-state index in [-0.39, 0.29) is 39.2 Å². The summed E-state index contributed by atoms with van der Waals surface area (Å²) in [4.78, 5) is 42.7. The second-order valence-corrected chi connectivity index (χ2v) is 38.7. The number of carbonyl (C=O) groups excluding carboxylic acids is 1. The molecule has 0 saturated carbocycles. The fourth-order valence-corrected chi connectivity index (χ4v) is 15.9. The zero-order chi connectivity index (χ0) is 73.7. The number of carbonyl (C=O) groups is 1. The molecule has 0 bridgehead atoms. The van der Waals surface area contributed by atoms with Crippen LogP contribution < -0.4 is 72.4 Å². The van der Waals surface area contributed by atoms with Crippen LogP contribution in [-0.2, 0) is 28.3 Å². The molecule has 2 fully saturated rings. The average molecular weight is 1530 g/mol. The van der Waals surface area contributed by atoms with E-state index in [9.17, 15) is 31.3 Å². The summed E-state index contributed by atoms with van der Waals surface area (Å²) in [5, 5.41) is 23.4. The van der Waals surface area contributed by atoms with Crippen LogP contribution in [0.4, 0.5) is 85.2 Å². The molecule has 3 aromatic heterocycles. The maximum Gasteiger partial charge on any atom is 0.229 e. The van der Waals surface area contributed by atoms with Crippen LogP contribution in [0.3, 0.4) is 0 Å². The van der Waals surface area contributed by atoms with E-state index in [1.54, 1.807) is 99.4 Å². The Balaban J connectivity index is 0.000000179. The topological polar surface area (TPSA) is 289 Å². The van der Waals surface area contributed by atoms with Gasteiger partial charge >= 0.3 is 0 Å².